The van der Waals surface area contributed by atoms with Gasteiger partial charge in [-0.1, -0.05) is 23.3 Å². The maximum absolute atomic E-state index is 13.4. The first kappa shape index (κ1) is 10.4. The molecule has 0 radical (unpaired) electrons. The normalized spacial score (nSPS) is 10.1. The Hall–Kier alpha value is -2.17. The summed E-state index contributed by atoms with van der Waals surface area (Å²) in [6.45, 7) is 4.06. The molecule has 1 aromatic heterocycles. The van der Waals surface area contributed by atoms with Crippen LogP contribution in [0.15, 0.2) is 41.3 Å². The second-order valence-corrected chi connectivity index (χ2v) is 3.06. The molecule has 0 aliphatic carbocycles. The molecule has 2 aromatic rings. The minimum Gasteiger partial charge on any atom is -0.403 e. The maximum atomic E-state index is 13.4. The van der Waals surface area contributed by atoms with Crippen molar-refractivity contribution < 1.29 is 8.81 Å². The van der Waals surface area contributed by atoms with Gasteiger partial charge in [0.2, 0.25) is 0 Å². The van der Waals surface area contributed by atoms with Gasteiger partial charge >= 0.3 is 6.01 Å². The Bertz CT molecular complexity index is 495. The molecule has 2 rings (SSSR count). The highest BCUT2D eigenvalue weighted by Gasteiger charge is 2.11. The number of aromatic nitrogens is 2. The molecule has 82 valence electrons. The van der Waals surface area contributed by atoms with E-state index in [9.17, 15) is 4.39 Å². The number of hydrogen-bond acceptors (Lipinski definition) is 4. The van der Waals surface area contributed by atoms with Crippen molar-refractivity contribution in [2.45, 2.75) is 0 Å². The van der Waals surface area contributed by atoms with Crippen LogP contribution in [-0.2, 0) is 0 Å². The first-order chi connectivity index (χ1) is 7.81. The fourth-order valence-corrected chi connectivity index (χ4v) is 1.20. The Balaban J connectivity index is 2.25. The number of nitrogens with zero attached hydrogens (tertiary/aromatic N) is 2. The van der Waals surface area contributed by atoms with Gasteiger partial charge < -0.3 is 9.73 Å². The fraction of sp³-hybridized carbons (Fsp3) is 0.0909. The molecule has 0 aliphatic rings. The second-order valence-electron chi connectivity index (χ2n) is 3.06. The highest BCUT2D eigenvalue weighted by atomic mass is 19.1. The summed E-state index contributed by atoms with van der Waals surface area (Å²) in [6, 6.07) is 6.49. The number of anilines is 1. The van der Waals surface area contributed by atoms with Crippen LogP contribution in [0.3, 0.4) is 0 Å². The first-order valence-corrected chi connectivity index (χ1v) is 4.74. The molecule has 0 spiro atoms. The molecule has 0 atom stereocenters. The van der Waals surface area contributed by atoms with Crippen molar-refractivity contribution in [2.24, 2.45) is 0 Å². The zero-order chi connectivity index (χ0) is 11.4. The molecule has 5 heteroatoms. The molecule has 0 fully saturated rings. The zero-order valence-corrected chi connectivity index (χ0v) is 8.48. The predicted octanol–water partition coefficient (Wildman–Crippen LogP) is 2.47. The van der Waals surface area contributed by atoms with Gasteiger partial charge in [-0.3, -0.25) is 0 Å². The third-order valence-electron chi connectivity index (χ3n) is 1.93. The van der Waals surface area contributed by atoms with Gasteiger partial charge in [-0.25, -0.2) is 4.39 Å². The maximum Gasteiger partial charge on any atom is 0.315 e. The van der Waals surface area contributed by atoms with Crippen LogP contribution < -0.4 is 5.32 Å². The Morgan fingerprint density at radius 3 is 2.94 bits per heavy atom. The molecule has 1 heterocycles. The van der Waals surface area contributed by atoms with Crippen LogP contribution in [0, 0.1) is 5.82 Å². The standard InChI is InChI=1S/C11H10FN3O/c1-2-7-13-11-15-14-10(16-11)8-5-3-4-6-9(8)12/h2-6H,1,7H2,(H,13,15). The summed E-state index contributed by atoms with van der Waals surface area (Å²) in [5, 5.41) is 10.3. The summed E-state index contributed by atoms with van der Waals surface area (Å²) < 4.78 is 18.6. The summed E-state index contributed by atoms with van der Waals surface area (Å²) in [4.78, 5) is 0. The average Bonchev–Trinajstić information content (AvgIpc) is 2.75. The van der Waals surface area contributed by atoms with E-state index >= 15 is 0 Å². The van der Waals surface area contributed by atoms with Gasteiger partial charge in [0.1, 0.15) is 5.82 Å². The Kier molecular flexibility index (Phi) is 2.95. The van der Waals surface area contributed by atoms with E-state index in [0.29, 0.717) is 12.1 Å². The van der Waals surface area contributed by atoms with Crippen molar-refractivity contribution in [3.63, 3.8) is 0 Å². The summed E-state index contributed by atoms with van der Waals surface area (Å²) in [6.07, 6.45) is 1.66. The summed E-state index contributed by atoms with van der Waals surface area (Å²) in [5.41, 5.74) is 0.293. The van der Waals surface area contributed by atoms with Crippen molar-refractivity contribution in [1.29, 1.82) is 0 Å². The quantitative estimate of drug-likeness (QED) is 0.802. The second kappa shape index (κ2) is 4.57. The minimum absolute atomic E-state index is 0.157. The third-order valence-corrected chi connectivity index (χ3v) is 1.93. The van der Waals surface area contributed by atoms with Gasteiger partial charge in [0, 0.05) is 6.54 Å². The lowest BCUT2D eigenvalue weighted by Gasteiger charge is -1.96. The van der Waals surface area contributed by atoms with Gasteiger partial charge in [0.15, 0.2) is 0 Å². The molecule has 0 unspecified atom stereocenters. The zero-order valence-electron chi connectivity index (χ0n) is 8.48. The molecule has 16 heavy (non-hydrogen) atoms. The summed E-state index contributed by atoms with van der Waals surface area (Å²) in [7, 11) is 0. The van der Waals surface area contributed by atoms with Crippen LogP contribution in [0.4, 0.5) is 10.4 Å². The number of rotatable bonds is 4. The summed E-state index contributed by atoms with van der Waals surface area (Å²) in [5.74, 6) is -0.230. The molecule has 0 saturated carbocycles. The Morgan fingerprint density at radius 2 is 2.19 bits per heavy atom. The molecule has 0 saturated heterocycles. The molecule has 0 amide bonds. The van der Waals surface area contributed by atoms with E-state index in [1.807, 2.05) is 0 Å². The fourth-order valence-electron chi connectivity index (χ4n) is 1.20. The van der Waals surface area contributed by atoms with Gasteiger partial charge in [0.05, 0.1) is 5.56 Å². The molecule has 4 nitrogen and oxygen atoms in total. The van der Waals surface area contributed by atoms with Crippen LogP contribution in [-0.4, -0.2) is 16.7 Å². The lowest BCUT2D eigenvalue weighted by molar-refractivity contribution is 0.570. The van der Waals surface area contributed by atoms with Crippen molar-refractivity contribution in [3.8, 4) is 11.5 Å². The number of benzene rings is 1. The van der Waals surface area contributed by atoms with Crippen molar-refractivity contribution in [2.75, 3.05) is 11.9 Å². The Labute approximate surface area is 91.8 Å². The summed E-state index contributed by atoms with van der Waals surface area (Å²) >= 11 is 0. The van der Waals surface area contributed by atoms with Crippen LogP contribution in [0.25, 0.3) is 11.5 Å². The van der Waals surface area contributed by atoms with Gasteiger partial charge in [-0.05, 0) is 12.1 Å². The van der Waals surface area contributed by atoms with Gasteiger partial charge in [-0.2, -0.15) is 0 Å². The number of nitrogens with one attached hydrogen (secondary N) is 1. The SMILES string of the molecule is C=CCNc1nnc(-c2ccccc2F)o1. The number of halogens is 1. The highest BCUT2D eigenvalue weighted by Crippen LogP contribution is 2.22. The molecule has 0 bridgehead atoms. The average molecular weight is 219 g/mol. The van der Waals surface area contributed by atoms with E-state index in [0.717, 1.165) is 0 Å². The van der Waals surface area contributed by atoms with Crippen LogP contribution in [0.1, 0.15) is 0 Å². The van der Waals surface area contributed by atoms with Crippen LogP contribution in [0.5, 0.6) is 0 Å². The largest absolute Gasteiger partial charge is 0.403 e. The lowest BCUT2D eigenvalue weighted by atomic mass is 10.2. The number of hydrogen-bond donors (Lipinski definition) is 1. The van der Waals surface area contributed by atoms with E-state index in [-0.39, 0.29) is 17.7 Å². The Morgan fingerprint density at radius 1 is 1.38 bits per heavy atom. The van der Waals surface area contributed by atoms with Crippen molar-refractivity contribution in [3.05, 3.63) is 42.7 Å². The van der Waals surface area contributed by atoms with E-state index in [2.05, 4.69) is 22.1 Å². The van der Waals surface area contributed by atoms with E-state index in [1.165, 1.54) is 6.07 Å². The predicted molar refractivity (Wildman–Crippen MR) is 58.4 cm³/mol. The van der Waals surface area contributed by atoms with Crippen molar-refractivity contribution in [1.82, 2.24) is 10.2 Å². The minimum atomic E-state index is -0.388. The molecular weight excluding hydrogens is 209 g/mol. The topological polar surface area (TPSA) is 51.0 Å². The lowest BCUT2D eigenvalue weighted by Crippen LogP contribution is -1.97. The molecule has 1 N–H and O–H groups in total. The first-order valence-electron chi connectivity index (χ1n) is 4.74. The molecule has 0 aliphatic heterocycles. The monoisotopic (exact) mass is 219 g/mol. The smallest absolute Gasteiger partial charge is 0.315 e. The van der Waals surface area contributed by atoms with E-state index in [1.54, 1.807) is 24.3 Å². The third kappa shape index (κ3) is 2.08. The van der Waals surface area contributed by atoms with E-state index < -0.39 is 0 Å². The molecule has 1 aromatic carbocycles. The highest BCUT2D eigenvalue weighted by molar-refractivity contribution is 5.54. The van der Waals surface area contributed by atoms with Gasteiger partial charge in [0.25, 0.3) is 5.89 Å². The van der Waals surface area contributed by atoms with Crippen LogP contribution >= 0.6 is 0 Å². The van der Waals surface area contributed by atoms with Crippen molar-refractivity contribution >= 4 is 6.01 Å². The van der Waals surface area contributed by atoms with Crippen LogP contribution in [0.2, 0.25) is 0 Å². The van der Waals surface area contributed by atoms with Gasteiger partial charge in [-0.15, -0.1) is 11.7 Å². The van der Waals surface area contributed by atoms with E-state index in [4.69, 9.17) is 4.42 Å². The molecular formula is C11H10FN3O.